The zero-order chi connectivity index (χ0) is 21.1. The number of likely N-dealkylation sites (N-methyl/N-ethyl adjacent to an activating group) is 1. The van der Waals surface area contributed by atoms with Crippen LogP contribution in [0.4, 0.5) is 13.2 Å². The maximum Gasteiger partial charge on any atom is 0.279 e. The van der Waals surface area contributed by atoms with Gasteiger partial charge in [0.1, 0.15) is 11.6 Å². The van der Waals surface area contributed by atoms with Crippen molar-refractivity contribution in [2.24, 2.45) is 10.1 Å². The van der Waals surface area contributed by atoms with Gasteiger partial charge in [-0.25, -0.2) is 18.2 Å². The fourth-order valence-corrected chi connectivity index (χ4v) is 2.88. The van der Waals surface area contributed by atoms with Crippen LogP contribution in [0.5, 0.6) is 5.75 Å². The van der Waals surface area contributed by atoms with E-state index in [1.54, 1.807) is 0 Å². The van der Waals surface area contributed by atoms with Crippen molar-refractivity contribution in [2.45, 2.75) is 0 Å². The van der Waals surface area contributed by atoms with Crippen molar-refractivity contribution in [3.63, 3.8) is 0 Å². The number of carbonyl (C=O) groups excluding carboxylic acids is 1. The number of hydrogen-bond donors (Lipinski definition) is 0. The minimum absolute atomic E-state index is 0.00529. The third kappa shape index (κ3) is 4.22. The number of rotatable bonds is 3. The summed E-state index contributed by atoms with van der Waals surface area (Å²) in [5.41, 5.74) is -0.138. The molecule has 1 aliphatic heterocycles. The van der Waals surface area contributed by atoms with E-state index >= 15 is 0 Å². The quantitative estimate of drug-likeness (QED) is 0.540. The van der Waals surface area contributed by atoms with Gasteiger partial charge in [-0.05, 0) is 37.1 Å². The van der Waals surface area contributed by atoms with Crippen molar-refractivity contribution in [1.82, 2.24) is 5.01 Å². The molecule has 0 aromatic heterocycles. The molecule has 2 aromatic carbocycles. The molecule has 1 amide bonds. The molecule has 0 fully saturated rings. The number of carbonyl (C=O) groups is 1. The van der Waals surface area contributed by atoms with E-state index in [0.717, 1.165) is 18.2 Å². The van der Waals surface area contributed by atoms with E-state index in [-0.39, 0.29) is 33.5 Å². The van der Waals surface area contributed by atoms with Gasteiger partial charge in [0.15, 0.2) is 11.6 Å². The van der Waals surface area contributed by atoms with E-state index in [9.17, 15) is 18.0 Å². The lowest BCUT2D eigenvalue weighted by atomic mass is 10.0. The highest BCUT2D eigenvalue weighted by molar-refractivity contribution is 6.35. The SMILES string of the molecule is C=NC(=O)/C(=C1/C=CC(Oc2ccc(F)cc2F)=NN1C)c1c(F)cccc1Cl. The Balaban J connectivity index is 2.02. The Morgan fingerprint density at radius 2 is 1.93 bits per heavy atom. The molecule has 0 unspecified atom stereocenters. The van der Waals surface area contributed by atoms with Crippen molar-refractivity contribution in [1.29, 1.82) is 0 Å². The van der Waals surface area contributed by atoms with Crippen LogP contribution < -0.4 is 4.74 Å². The number of amides is 1. The summed E-state index contributed by atoms with van der Waals surface area (Å²) in [6.07, 6.45) is 2.74. The number of hydrogen-bond acceptors (Lipinski definition) is 4. The molecule has 1 heterocycles. The summed E-state index contributed by atoms with van der Waals surface area (Å²) in [5.74, 6) is -3.47. The van der Waals surface area contributed by atoms with Crippen LogP contribution >= 0.6 is 11.6 Å². The van der Waals surface area contributed by atoms with Gasteiger partial charge >= 0.3 is 0 Å². The molecule has 0 bridgehead atoms. The van der Waals surface area contributed by atoms with Gasteiger partial charge in [-0.15, -0.1) is 5.10 Å². The average Bonchev–Trinajstić information content (AvgIpc) is 2.67. The van der Waals surface area contributed by atoms with Gasteiger partial charge in [0.05, 0.1) is 16.3 Å². The van der Waals surface area contributed by atoms with E-state index < -0.39 is 23.4 Å². The fraction of sp³-hybridized carbons (Fsp3) is 0.0500. The monoisotopic (exact) mass is 419 g/mol. The van der Waals surface area contributed by atoms with Crippen LogP contribution in [0.1, 0.15) is 5.56 Å². The molecule has 148 valence electrons. The third-order valence-corrected chi connectivity index (χ3v) is 4.23. The van der Waals surface area contributed by atoms with Crippen LogP contribution in [0.3, 0.4) is 0 Å². The molecule has 0 atom stereocenters. The first kappa shape index (κ1) is 20.3. The molecule has 29 heavy (non-hydrogen) atoms. The lowest BCUT2D eigenvalue weighted by Crippen LogP contribution is -2.23. The summed E-state index contributed by atoms with van der Waals surface area (Å²) in [7, 11) is 1.47. The van der Waals surface area contributed by atoms with Gasteiger partial charge in [0.2, 0.25) is 5.90 Å². The molecule has 3 rings (SSSR count). The van der Waals surface area contributed by atoms with Gasteiger partial charge < -0.3 is 4.74 Å². The standard InChI is InChI=1S/C20H13ClF3N3O2/c1-25-20(28)19(18-12(21)4-3-5-13(18)23)15-7-9-17(26-27(15)2)29-16-8-6-11(22)10-14(16)24/h3-10H,1H2,2H3/b19-15-. The van der Waals surface area contributed by atoms with Crippen molar-refractivity contribution >= 4 is 35.7 Å². The lowest BCUT2D eigenvalue weighted by molar-refractivity contribution is -0.112. The normalized spacial score (nSPS) is 15.1. The third-order valence-electron chi connectivity index (χ3n) is 3.92. The first-order valence-electron chi connectivity index (χ1n) is 8.15. The minimum Gasteiger partial charge on any atom is -0.435 e. The van der Waals surface area contributed by atoms with Crippen molar-refractivity contribution in [3.8, 4) is 5.75 Å². The topological polar surface area (TPSA) is 54.3 Å². The van der Waals surface area contributed by atoms with Gasteiger partial charge in [0, 0.05) is 24.8 Å². The molecule has 0 spiro atoms. The average molecular weight is 420 g/mol. The second-order valence-corrected chi connectivity index (χ2v) is 6.20. The van der Waals surface area contributed by atoms with Crippen molar-refractivity contribution < 1.29 is 22.7 Å². The van der Waals surface area contributed by atoms with Crippen LogP contribution in [-0.4, -0.2) is 30.6 Å². The van der Waals surface area contributed by atoms with E-state index in [0.29, 0.717) is 6.07 Å². The summed E-state index contributed by atoms with van der Waals surface area (Å²) < 4.78 is 46.5. The molecule has 1 aliphatic rings. The molecule has 0 radical (unpaired) electrons. The van der Waals surface area contributed by atoms with Crippen LogP contribution in [0.15, 0.2) is 64.3 Å². The van der Waals surface area contributed by atoms with E-state index in [2.05, 4.69) is 16.8 Å². The Morgan fingerprint density at radius 1 is 1.17 bits per heavy atom. The highest BCUT2D eigenvalue weighted by Crippen LogP contribution is 2.32. The summed E-state index contributed by atoms with van der Waals surface area (Å²) in [5, 5.41) is 5.31. The van der Waals surface area contributed by atoms with Gasteiger partial charge in [-0.3, -0.25) is 9.80 Å². The summed E-state index contributed by atoms with van der Waals surface area (Å²) >= 11 is 6.09. The Hall–Kier alpha value is -3.39. The minimum atomic E-state index is -0.907. The Labute approximate surface area is 169 Å². The van der Waals surface area contributed by atoms with E-state index in [1.165, 1.54) is 36.3 Å². The number of aliphatic imine (C=N–C) groups is 1. The van der Waals surface area contributed by atoms with Crippen molar-refractivity contribution in [2.75, 3.05) is 7.05 Å². The maximum absolute atomic E-state index is 14.4. The second kappa shape index (κ2) is 8.32. The molecule has 9 heteroatoms. The lowest BCUT2D eigenvalue weighted by Gasteiger charge is -2.23. The van der Waals surface area contributed by atoms with E-state index in [1.807, 2.05) is 0 Å². The molecule has 0 aliphatic carbocycles. The first-order valence-corrected chi connectivity index (χ1v) is 8.52. The van der Waals surface area contributed by atoms with Crippen LogP contribution in [-0.2, 0) is 4.79 Å². The Bertz CT molecular complexity index is 1080. The number of ether oxygens (including phenoxy) is 1. The highest BCUT2D eigenvalue weighted by Gasteiger charge is 2.25. The van der Waals surface area contributed by atoms with Gasteiger partial charge in [-0.1, -0.05) is 17.7 Å². The largest absolute Gasteiger partial charge is 0.435 e. The van der Waals surface area contributed by atoms with Crippen LogP contribution in [0.2, 0.25) is 5.02 Å². The zero-order valence-electron chi connectivity index (χ0n) is 15.0. The molecular formula is C20H13ClF3N3O2. The zero-order valence-corrected chi connectivity index (χ0v) is 15.8. The number of nitrogens with zero attached hydrogens (tertiary/aromatic N) is 3. The first-order chi connectivity index (χ1) is 13.8. The number of hydrazone groups is 1. The Morgan fingerprint density at radius 3 is 2.55 bits per heavy atom. The smallest absolute Gasteiger partial charge is 0.279 e. The van der Waals surface area contributed by atoms with E-state index in [4.69, 9.17) is 16.3 Å². The van der Waals surface area contributed by atoms with Gasteiger partial charge in [-0.2, -0.15) is 0 Å². The summed E-state index contributed by atoms with van der Waals surface area (Å²) in [4.78, 5) is 15.7. The summed E-state index contributed by atoms with van der Waals surface area (Å²) in [6.45, 7) is 3.20. The highest BCUT2D eigenvalue weighted by atomic mass is 35.5. The predicted octanol–water partition coefficient (Wildman–Crippen LogP) is 4.59. The van der Waals surface area contributed by atoms with Crippen LogP contribution in [0.25, 0.3) is 5.57 Å². The molecule has 0 N–H and O–H groups in total. The summed E-state index contributed by atoms with van der Waals surface area (Å²) in [6, 6.07) is 6.80. The maximum atomic E-state index is 14.4. The molecule has 0 saturated carbocycles. The van der Waals surface area contributed by atoms with Crippen molar-refractivity contribution in [3.05, 3.63) is 82.3 Å². The molecule has 2 aromatic rings. The second-order valence-electron chi connectivity index (χ2n) is 5.79. The predicted molar refractivity (Wildman–Crippen MR) is 104 cm³/mol. The number of benzene rings is 2. The fourth-order valence-electron chi connectivity index (χ4n) is 2.62. The Kier molecular flexibility index (Phi) is 5.84. The van der Waals surface area contributed by atoms with Crippen LogP contribution in [0, 0.1) is 17.5 Å². The number of allylic oxidation sites excluding steroid dienone is 1. The number of halogens is 4. The molecule has 5 nitrogen and oxygen atoms in total. The molecule has 0 saturated heterocycles. The van der Waals surface area contributed by atoms with Gasteiger partial charge in [0.25, 0.3) is 5.91 Å². The molecular weight excluding hydrogens is 407 g/mol.